The van der Waals surface area contributed by atoms with Crippen LogP contribution in [-0.2, 0) is 6.42 Å². The number of nitrogens with one attached hydrogen (secondary N) is 6. The molecule has 24 heteroatoms. The van der Waals surface area contributed by atoms with Gasteiger partial charge in [0.2, 0.25) is 0 Å². The Labute approximate surface area is 561 Å². The number of carbonyl (C=O) groups excluding carboxylic acids is 6. The van der Waals surface area contributed by atoms with Crippen molar-refractivity contribution in [2.75, 3.05) is 52.4 Å². The molecular formula is C72H92N12O12. The molecule has 512 valence electrons. The number of ether oxygens (including phenoxy) is 6. The zero-order chi connectivity index (χ0) is 69.8. The Morgan fingerprint density at radius 2 is 0.729 bits per heavy atom. The molecule has 0 aliphatic rings. The van der Waals surface area contributed by atoms with Crippen molar-refractivity contribution in [1.29, 1.82) is 0 Å². The van der Waals surface area contributed by atoms with E-state index in [4.69, 9.17) is 62.8 Å². The van der Waals surface area contributed by atoms with Crippen molar-refractivity contribution < 1.29 is 57.2 Å². The summed E-state index contributed by atoms with van der Waals surface area (Å²) in [6, 6.07) is 33.4. The summed E-state index contributed by atoms with van der Waals surface area (Å²) in [5.41, 5.74) is 42.0. The van der Waals surface area contributed by atoms with Gasteiger partial charge in [-0.05, 0) is 127 Å². The van der Waals surface area contributed by atoms with E-state index in [1.54, 1.807) is 76.2 Å². The van der Waals surface area contributed by atoms with Gasteiger partial charge in [-0.2, -0.15) is 0 Å². The molecule has 6 aromatic carbocycles. The molecule has 96 heavy (non-hydrogen) atoms. The first-order chi connectivity index (χ1) is 45.9. The maximum absolute atomic E-state index is 13.6. The Morgan fingerprint density at radius 3 is 1.09 bits per heavy atom. The molecule has 6 rings (SSSR count). The Bertz CT molecular complexity index is 3540. The second-order valence-corrected chi connectivity index (χ2v) is 23.6. The van der Waals surface area contributed by atoms with E-state index in [-0.39, 0.29) is 105 Å². The van der Waals surface area contributed by atoms with Crippen molar-refractivity contribution in [3.8, 4) is 34.5 Å². The maximum Gasteiger partial charge on any atom is 0.412 e. The SMILES string of the molecule is CC(N)CNC(=O)Oc1cc(/C=C/c2ccccc2)cc(OC(=O)NCC(C)N)c1C(C)c1ccc(/C=C/c2cc(OC(=O)NC(C)CN)c(C(C)Cc3ccc(/C=C/c4cc(OC(=O)NCCN)c(C(C)C)c(OC(=O)NCCN)c4)cc3)c(OC(=O)NC(C)CN)c2)cc1. The van der Waals surface area contributed by atoms with Crippen LogP contribution >= 0.6 is 0 Å². The lowest BCUT2D eigenvalue weighted by atomic mass is 9.89. The molecule has 0 fully saturated rings. The summed E-state index contributed by atoms with van der Waals surface area (Å²) in [5, 5.41) is 16.1. The Kier molecular flexibility index (Phi) is 29.4. The highest BCUT2D eigenvalue weighted by molar-refractivity contribution is 5.81. The smallest absolute Gasteiger partial charge is 0.410 e. The van der Waals surface area contributed by atoms with Crippen molar-refractivity contribution in [2.24, 2.45) is 34.4 Å². The van der Waals surface area contributed by atoms with Crippen LogP contribution in [0.5, 0.6) is 34.5 Å². The summed E-state index contributed by atoms with van der Waals surface area (Å²) >= 11 is 0. The second kappa shape index (κ2) is 37.7. The third-order valence-corrected chi connectivity index (χ3v) is 14.7. The topological polar surface area (TPSA) is 386 Å². The molecule has 0 aliphatic heterocycles. The van der Waals surface area contributed by atoms with Crippen molar-refractivity contribution in [3.63, 3.8) is 0 Å². The summed E-state index contributed by atoms with van der Waals surface area (Å²) in [7, 11) is 0. The molecule has 6 aromatic rings. The van der Waals surface area contributed by atoms with Gasteiger partial charge in [0, 0.05) is 99.1 Å². The van der Waals surface area contributed by atoms with Crippen LogP contribution in [0.4, 0.5) is 28.8 Å². The predicted octanol–water partition coefficient (Wildman–Crippen LogP) is 9.66. The average Bonchev–Trinajstić information content (AvgIpc) is 0.811. The zero-order valence-electron chi connectivity index (χ0n) is 55.7. The minimum atomic E-state index is -0.784. The summed E-state index contributed by atoms with van der Waals surface area (Å²) < 4.78 is 35.7. The fourth-order valence-corrected chi connectivity index (χ4v) is 9.73. The molecular weight excluding hydrogens is 1220 g/mol. The van der Waals surface area contributed by atoms with Gasteiger partial charge in [0.15, 0.2) is 0 Å². The van der Waals surface area contributed by atoms with Gasteiger partial charge in [0.1, 0.15) is 34.5 Å². The van der Waals surface area contributed by atoms with Crippen LogP contribution in [0, 0.1) is 0 Å². The van der Waals surface area contributed by atoms with E-state index in [2.05, 4.69) is 31.9 Å². The normalized spacial score (nSPS) is 13.2. The van der Waals surface area contributed by atoms with Gasteiger partial charge in [-0.15, -0.1) is 0 Å². The maximum atomic E-state index is 13.6. The first-order valence-corrected chi connectivity index (χ1v) is 31.9. The second-order valence-electron chi connectivity index (χ2n) is 23.6. The molecule has 0 bridgehead atoms. The molecule has 0 radical (unpaired) electrons. The molecule has 6 amide bonds. The average molecular weight is 1320 g/mol. The summed E-state index contributed by atoms with van der Waals surface area (Å²) in [5.74, 6) is -0.310. The van der Waals surface area contributed by atoms with Gasteiger partial charge in [-0.25, -0.2) is 28.8 Å². The monoisotopic (exact) mass is 1320 g/mol. The quantitative estimate of drug-likeness (QED) is 0.0187. The van der Waals surface area contributed by atoms with E-state index in [1.807, 2.05) is 131 Å². The first-order valence-electron chi connectivity index (χ1n) is 31.9. The summed E-state index contributed by atoms with van der Waals surface area (Å²) in [6.07, 6.45) is 6.81. The van der Waals surface area contributed by atoms with Crippen LogP contribution < -0.4 is 94.7 Å². The van der Waals surface area contributed by atoms with Gasteiger partial charge in [0.25, 0.3) is 0 Å². The van der Waals surface area contributed by atoms with Crippen molar-refractivity contribution >= 4 is 73.0 Å². The molecule has 0 saturated heterocycles. The first kappa shape index (κ1) is 75.0. The van der Waals surface area contributed by atoms with E-state index in [0.29, 0.717) is 39.8 Å². The molecule has 6 unspecified atom stereocenters. The highest BCUT2D eigenvalue weighted by Crippen LogP contribution is 2.43. The van der Waals surface area contributed by atoms with E-state index in [9.17, 15) is 28.8 Å². The molecule has 0 saturated carbocycles. The number of benzene rings is 6. The van der Waals surface area contributed by atoms with Crippen LogP contribution in [-0.4, -0.2) is 113 Å². The van der Waals surface area contributed by atoms with Gasteiger partial charge >= 0.3 is 36.6 Å². The van der Waals surface area contributed by atoms with E-state index >= 15 is 0 Å². The third kappa shape index (κ3) is 24.0. The molecule has 18 N–H and O–H groups in total. The molecule has 24 nitrogen and oxygen atoms in total. The molecule has 0 heterocycles. The van der Waals surface area contributed by atoms with E-state index in [0.717, 1.165) is 27.8 Å². The largest absolute Gasteiger partial charge is 0.412 e. The number of hydrogen-bond donors (Lipinski definition) is 12. The van der Waals surface area contributed by atoms with Gasteiger partial charge < -0.3 is 94.7 Å². The Morgan fingerprint density at radius 1 is 0.396 bits per heavy atom. The van der Waals surface area contributed by atoms with Crippen LogP contribution in [0.1, 0.15) is 134 Å². The highest BCUT2D eigenvalue weighted by Gasteiger charge is 2.28. The van der Waals surface area contributed by atoms with Gasteiger partial charge in [0.05, 0.1) is 0 Å². The fourth-order valence-electron chi connectivity index (χ4n) is 9.73. The van der Waals surface area contributed by atoms with Crippen molar-refractivity contribution in [3.05, 3.63) is 176 Å². The van der Waals surface area contributed by atoms with E-state index < -0.39 is 60.5 Å². The third-order valence-electron chi connectivity index (χ3n) is 14.7. The molecule has 0 aromatic heterocycles. The van der Waals surface area contributed by atoms with Crippen molar-refractivity contribution in [2.45, 2.75) is 104 Å². The van der Waals surface area contributed by atoms with Crippen LogP contribution in [0.3, 0.4) is 0 Å². The van der Waals surface area contributed by atoms with Crippen LogP contribution in [0.2, 0.25) is 0 Å². The van der Waals surface area contributed by atoms with Gasteiger partial charge in [-0.3, -0.25) is 0 Å². The van der Waals surface area contributed by atoms with E-state index in [1.165, 1.54) is 0 Å². The number of carbonyl (C=O) groups is 6. The zero-order valence-corrected chi connectivity index (χ0v) is 55.7. The molecule has 0 spiro atoms. The van der Waals surface area contributed by atoms with Crippen molar-refractivity contribution in [1.82, 2.24) is 31.9 Å². The number of rotatable bonds is 30. The minimum Gasteiger partial charge on any atom is -0.410 e. The lowest BCUT2D eigenvalue weighted by Crippen LogP contribution is -2.40. The minimum absolute atomic E-state index is 0.115. The standard InChI is InChI=1S/C72H92N12O12/c1-43(2)64-58(91-67(85)79-30-28-73)33-54(34-59(64)92-68(86)80-31-29-74)22-17-51-14-19-53(20-15-51)32-44(3)65-60(95-71(89)83-47(6)39-75)35-55(36-61(65)96-72(90)84-48(7)40-76)23-18-52-24-26-57(27-25-52)49(8)66-62(93-69(87)81-41-45(4)77)37-56(21-16-50-12-10-9-11-13-50)38-63(66)94-70(88)82-42-46(5)78/h9-27,33-38,43-49H,28-32,39-42,73-78H2,1-8H3,(H,79,85)(H,80,86)(H,81,87)(H,82,88)(H,83,89)(H,84,90)/b21-16+,22-17+,23-18+. The summed E-state index contributed by atoms with van der Waals surface area (Å²) in [4.78, 5) is 79.6. The molecule has 0 aliphatic carbocycles. The van der Waals surface area contributed by atoms with Crippen LogP contribution in [0.25, 0.3) is 36.5 Å². The Hall–Kier alpha value is -10.1. The van der Waals surface area contributed by atoms with Crippen LogP contribution in [0.15, 0.2) is 115 Å². The number of amides is 6. The molecule has 6 atom stereocenters. The van der Waals surface area contributed by atoms with Gasteiger partial charge in [-0.1, -0.05) is 143 Å². The Balaban J connectivity index is 1.35. The fraction of sp³-hybridized carbons (Fsp3) is 0.333. The highest BCUT2D eigenvalue weighted by atomic mass is 16.6. The summed E-state index contributed by atoms with van der Waals surface area (Å²) in [6.45, 7) is 15.9. The number of nitrogens with two attached hydrogens (primary N) is 6. The lowest BCUT2D eigenvalue weighted by molar-refractivity contribution is 0.193. The lowest BCUT2D eigenvalue weighted by Gasteiger charge is -2.22. The number of hydrogen-bond acceptors (Lipinski definition) is 18. The predicted molar refractivity (Wildman–Crippen MR) is 376 cm³/mol.